The van der Waals surface area contributed by atoms with Gasteiger partial charge in [0.05, 0.1) is 0 Å². The minimum atomic E-state index is -0.768. The molecule has 6 N–H and O–H groups in total. The molecule has 6 heteroatoms. The lowest BCUT2D eigenvalue weighted by atomic mass is 9.94. The van der Waals surface area contributed by atoms with Gasteiger partial charge in [0.2, 0.25) is 11.8 Å². The zero-order valence-corrected chi connectivity index (χ0v) is 21.1. The summed E-state index contributed by atoms with van der Waals surface area (Å²) in [5.41, 5.74) is 15.0. The first kappa shape index (κ1) is 27.7. The van der Waals surface area contributed by atoms with E-state index in [1.807, 2.05) is 78.9 Å². The molecule has 3 aromatic carbocycles. The Balaban J connectivity index is 1.57. The van der Waals surface area contributed by atoms with Crippen molar-refractivity contribution in [2.24, 2.45) is 17.4 Å². The topological polar surface area (TPSA) is 118 Å². The Labute approximate surface area is 219 Å². The van der Waals surface area contributed by atoms with Gasteiger partial charge in [-0.25, -0.2) is 0 Å². The van der Waals surface area contributed by atoms with Gasteiger partial charge in [-0.3, -0.25) is 9.59 Å². The summed E-state index contributed by atoms with van der Waals surface area (Å²) in [5.74, 6) is -0.815. The molecule has 3 rings (SSSR count). The van der Waals surface area contributed by atoms with Crippen LogP contribution in [0.25, 0.3) is 0 Å². The van der Waals surface area contributed by atoms with E-state index in [4.69, 9.17) is 11.5 Å². The van der Waals surface area contributed by atoms with Crippen LogP contribution in [-0.4, -0.2) is 29.0 Å². The predicted octanol–water partition coefficient (Wildman–Crippen LogP) is 4.06. The standard InChI is InChI=1S/C31H37N3O3/c32-27(21-25-16-18-28(35)19-17-25)15-9-3-8-14-26(20-23-10-4-1-5-11-23)31(37)34-29(30(33)36)22-24-12-6-2-7-13-24/h1-8,10-13,16-19,26-27,29,35H,9,14-15,20-22,32H2,(H2,33,36)(H,34,37)/b8-3+/t26-,27-,29?/m1/s1. The lowest BCUT2D eigenvalue weighted by Gasteiger charge is -2.20. The van der Waals surface area contributed by atoms with E-state index in [0.29, 0.717) is 19.3 Å². The van der Waals surface area contributed by atoms with Gasteiger partial charge in [0.25, 0.3) is 0 Å². The first-order valence-electron chi connectivity index (χ1n) is 12.8. The Morgan fingerprint density at radius 1 is 0.784 bits per heavy atom. The van der Waals surface area contributed by atoms with Gasteiger partial charge in [-0.15, -0.1) is 0 Å². The number of benzene rings is 3. The van der Waals surface area contributed by atoms with Crippen molar-refractivity contribution in [2.75, 3.05) is 0 Å². The zero-order valence-electron chi connectivity index (χ0n) is 21.1. The van der Waals surface area contributed by atoms with Crippen molar-refractivity contribution in [1.29, 1.82) is 0 Å². The molecule has 3 aromatic rings. The van der Waals surface area contributed by atoms with Crippen LogP contribution in [0, 0.1) is 5.92 Å². The van der Waals surface area contributed by atoms with Crippen molar-refractivity contribution in [2.45, 2.75) is 50.6 Å². The number of nitrogens with two attached hydrogens (primary N) is 2. The van der Waals surface area contributed by atoms with Gasteiger partial charge in [0, 0.05) is 18.4 Å². The Morgan fingerprint density at radius 2 is 1.35 bits per heavy atom. The van der Waals surface area contributed by atoms with Gasteiger partial charge < -0.3 is 21.9 Å². The molecule has 3 atom stereocenters. The second-order valence-electron chi connectivity index (χ2n) is 9.46. The molecular weight excluding hydrogens is 462 g/mol. The van der Waals surface area contributed by atoms with Crippen LogP contribution in [0.3, 0.4) is 0 Å². The molecule has 0 aliphatic heterocycles. The molecule has 2 amide bonds. The van der Waals surface area contributed by atoms with Crippen molar-refractivity contribution in [3.8, 4) is 5.75 Å². The third-order valence-corrected chi connectivity index (χ3v) is 6.36. The largest absolute Gasteiger partial charge is 0.508 e. The van der Waals surface area contributed by atoms with Crippen LogP contribution in [0.4, 0.5) is 0 Å². The quantitative estimate of drug-likeness (QED) is 0.250. The second kappa shape index (κ2) is 14.6. The summed E-state index contributed by atoms with van der Waals surface area (Å²) < 4.78 is 0. The van der Waals surface area contributed by atoms with Crippen molar-refractivity contribution < 1.29 is 14.7 Å². The van der Waals surface area contributed by atoms with Crippen molar-refractivity contribution in [3.05, 3.63) is 114 Å². The van der Waals surface area contributed by atoms with Crippen LogP contribution in [0.2, 0.25) is 0 Å². The fraction of sp³-hybridized carbons (Fsp3) is 0.290. The predicted molar refractivity (Wildman–Crippen MR) is 148 cm³/mol. The molecule has 0 bridgehead atoms. The number of carbonyl (C=O) groups is 2. The summed E-state index contributed by atoms with van der Waals surface area (Å²) in [6.45, 7) is 0. The van der Waals surface area contributed by atoms with E-state index in [2.05, 4.69) is 11.4 Å². The van der Waals surface area contributed by atoms with Crippen LogP contribution in [0.1, 0.15) is 36.0 Å². The molecule has 0 aliphatic carbocycles. The number of phenols is 1. The second-order valence-corrected chi connectivity index (χ2v) is 9.46. The van der Waals surface area contributed by atoms with Gasteiger partial charge >= 0.3 is 0 Å². The third kappa shape index (κ3) is 9.94. The smallest absolute Gasteiger partial charge is 0.240 e. The fourth-order valence-electron chi connectivity index (χ4n) is 4.27. The van der Waals surface area contributed by atoms with Crippen LogP contribution in [0.15, 0.2) is 97.1 Å². The maximum absolute atomic E-state index is 13.3. The lowest BCUT2D eigenvalue weighted by Crippen LogP contribution is -2.48. The van der Waals surface area contributed by atoms with E-state index >= 15 is 0 Å². The van der Waals surface area contributed by atoms with Gasteiger partial charge in [-0.2, -0.15) is 0 Å². The maximum atomic E-state index is 13.3. The molecule has 0 radical (unpaired) electrons. The van der Waals surface area contributed by atoms with E-state index in [1.165, 1.54) is 0 Å². The van der Waals surface area contributed by atoms with E-state index in [9.17, 15) is 14.7 Å². The number of rotatable bonds is 14. The Hall–Kier alpha value is -3.90. The molecule has 0 saturated heterocycles. The third-order valence-electron chi connectivity index (χ3n) is 6.36. The monoisotopic (exact) mass is 499 g/mol. The highest BCUT2D eigenvalue weighted by Gasteiger charge is 2.24. The fourth-order valence-corrected chi connectivity index (χ4v) is 4.27. The summed E-state index contributed by atoms with van der Waals surface area (Å²) in [4.78, 5) is 25.4. The van der Waals surface area contributed by atoms with Gasteiger partial charge in [-0.1, -0.05) is 84.9 Å². The van der Waals surface area contributed by atoms with Crippen LogP contribution in [-0.2, 0) is 28.9 Å². The van der Waals surface area contributed by atoms with E-state index in [0.717, 1.165) is 36.0 Å². The molecule has 1 unspecified atom stereocenters. The summed E-state index contributed by atoms with van der Waals surface area (Å²) in [6.07, 6.45) is 7.91. The first-order valence-corrected chi connectivity index (χ1v) is 12.8. The molecule has 0 saturated carbocycles. The molecule has 37 heavy (non-hydrogen) atoms. The molecule has 0 aromatic heterocycles. The highest BCUT2D eigenvalue weighted by atomic mass is 16.3. The number of hydrogen-bond donors (Lipinski definition) is 4. The zero-order chi connectivity index (χ0) is 26.5. The van der Waals surface area contributed by atoms with Crippen molar-refractivity contribution >= 4 is 11.8 Å². The van der Waals surface area contributed by atoms with Crippen molar-refractivity contribution in [1.82, 2.24) is 5.32 Å². The van der Waals surface area contributed by atoms with Crippen LogP contribution in [0.5, 0.6) is 5.75 Å². The number of carbonyl (C=O) groups excluding carboxylic acids is 2. The summed E-state index contributed by atoms with van der Waals surface area (Å²) >= 11 is 0. The minimum Gasteiger partial charge on any atom is -0.508 e. The van der Waals surface area contributed by atoms with Gasteiger partial charge in [0.15, 0.2) is 0 Å². The van der Waals surface area contributed by atoms with E-state index < -0.39 is 11.9 Å². The Bertz CT molecular complexity index is 1130. The number of aromatic hydroxyl groups is 1. The van der Waals surface area contributed by atoms with E-state index in [1.54, 1.807) is 12.1 Å². The molecule has 0 heterocycles. The molecule has 6 nitrogen and oxygen atoms in total. The average Bonchev–Trinajstić information content (AvgIpc) is 2.90. The lowest BCUT2D eigenvalue weighted by molar-refractivity contribution is -0.129. The highest BCUT2D eigenvalue weighted by molar-refractivity contribution is 5.88. The molecular formula is C31H37N3O3. The van der Waals surface area contributed by atoms with E-state index in [-0.39, 0.29) is 23.6 Å². The first-order chi connectivity index (χ1) is 17.9. The molecule has 0 fully saturated rings. The number of amides is 2. The van der Waals surface area contributed by atoms with Gasteiger partial charge in [-0.05, 0) is 60.9 Å². The SMILES string of the molecule is NC(=O)C(Cc1ccccc1)NC(=O)[C@H](C/C=C/CC[C@@H](N)Cc1ccc(O)cc1)Cc1ccccc1. The summed E-state index contributed by atoms with van der Waals surface area (Å²) in [7, 11) is 0. The van der Waals surface area contributed by atoms with Gasteiger partial charge in [0.1, 0.15) is 11.8 Å². The molecule has 0 spiro atoms. The number of primary amides is 1. The minimum absolute atomic E-state index is 0.00641. The highest BCUT2D eigenvalue weighted by Crippen LogP contribution is 2.16. The molecule has 0 aliphatic rings. The average molecular weight is 500 g/mol. The van der Waals surface area contributed by atoms with Crippen LogP contribution >= 0.6 is 0 Å². The number of phenolic OH excluding ortho intramolecular Hbond substituents is 1. The number of hydrogen-bond acceptors (Lipinski definition) is 4. The van der Waals surface area contributed by atoms with Crippen LogP contribution < -0.4 is 16.8 Å². The molecule has 194 valence electrons. The number of nitrogens with one attached hydrogen (secondary N) is 1. The van der Waals surface area contributed by atoms with Crippen molar-refractivity contribution in [3.63, 3.8) is 0 Å². The summed E-state index contributed by atoms with van der Waals surface area (Å²) in [5, 5.41) is 12.3. The Morgan fingerprint density at radius 3 is 1.95 bits per heavy atom. The normalized spacial score (nSPS) is 13.6. The maximum Gasteiger partial charge on any atom is 0.240 e. The Kier molecular flexibility index (Phi) is 10.9. The summed E-state index contributed by atoms with van der Waals surface area (Å²) in [6, 6.07) is 25.7. The number of allylic oxidation sites excluding steroid dienone is 2.